The number of hydrogen-bond acceptors (Lipinski definition) is 2. The molecule has 0 saturated heterocycles. The molecule has 0 radical (unpaired) electrons. The summed E-state index contributed by atoms with van der Waals surface area (Å²) in [7, 11) is 0. The number of hydrogen-bond donors (Lipinski definition) is 2. The molecule has 0 heterocycles. The van der Waals surface area contributed by atoms with Crippen LogP contribution in [-0.2, 0) is 0 Å². The van der Waals surface area contributed by atoms with Crippen molar-refractivity contribution >= 4 is 12.4 Å². The maximum atomic E-state index is 9.96. The molecule has 0 bridgehead atoms. The molecule has 0 spiro atoms. The lowest BCUT2D eigenvalue weighted by atomic mass is 9.95. The van der Waals surface area contributed by atoms with E-state index in [9.17, 15) is 5.11 Å². The standard InChI is InChI=1S/C14H21NO.ClH/c1-9(2)10-3-5-11(6-4-10)13(15)14(16)12-7-8-12;/h3-6,9,12-14,16H,7-8,15H2,1-2H3;1H/t13-,14+;/m0./s1. The van der Waals surface area contributed by atoms with Crippen molar-refractivity contribution in [1.29, 1.82) is 0 Å². The summed E-state index contributed by atoms with van der Waals surface area (Å²) in [6, 6.07) is 8.09. The summed E-state index contributed by atoms with van der Waals surface area (Å²) in [6.07, 6.45) is 1.88. The van der Waals surface area contributed by atoms with Crippen molar-refractivity contribution in [3.8, 4) is 0 Å². The summed E-state index contributed by atoms with van der Waals surface area (Å²) in [5, 5.41) is 9.96. The van der Waals surface area contributed by atoms with Crippen LogP contribution >= 0.6 is 12.4 Å². The fraction of sp³-hybridized carbons (Fsp3) is 0.571. The van der Waals surface area contributed by atoms with E-state index in [1.807, 2.05) is 12.1 Å². The van der Waals surface area contributed by atoms with Gasteiger partial charge in [-0.2, -0.15) is 0 Å². The lowest BCUT2D eigenvalue weighted by molar-refractivity contribution is 0.122. The SMILES string of the molecule is CC(C)c1ccc([C@H](N)[C@H](O)C2CC2)cc1.Cl. The van der Waals surface area contributed by atoms with E-state index in [1.54, 1.807) is 0 Å². The third kappa shape index (κ3) is 3.44. The summed E-state index contributed by atoms with van der Waals surface area (Å²) in [5.41, 5.74) is 8.42. The molecule has 0 unspecified atom stereocenters. The highest BCUT2D eigenvalue weighted by molar-refractivity contribution is 5.85. The molecule has 2 nitrogen and oxygen atoms in total. The zero-order valence-electron chi connectivity index (χ0n) is 10.5. The van der Waals surface area contributed by atoms with E-state index in [0.717, 1.165) is 18.4 Å². The summed E-state index contributed by atoms with van der Waals surface area (Å²) in [4.78, 5) is 0. The van der Waals surface area contributed by atoms with Crippen LogP contribution in [0.15, 0.2) is 24.3 Å². The van der Waals surface area contributed by atoms with E-state index in [1.165, 1.54) is 5.56 Å². The average Bonchev–Trinajstić information content (AvgIpc) is 3.11. The molecular weight excluding hydrogens is 234 g/mol. The van der Waals surface area contributed by atoms with Gasteiger partial charge < -0.3 is 10.8 Å². The van der Waals surface area contributed by atoms with Gasteiger partial charge in [-0.3, -0.25) is 0 Å². The second kappa shape index (κ2) is 5.85. The second-order valence-corrected chi connectivity index (χ2v) is 5.18. The molecule has 1 aliphatic carbocycles. The summed E-state index contributed by atoms with van der Waals surface area (Å²) in [6.45, 7) is 4.35. The Morgan fingerprint density at radius 3 is 2.00 bits per heavy atom. The van der Waals surface area contributed by atoms with Gasteiger partial charge in [0.15, 0.2) is 0 Å². The highest BCUT2D eigenvalue weighted by Gasteiger charge is 2.34. The Hall–Kier alpha value is -0.570. The molecule has 0 aromatic heterocycles. The summed E-state index contributed by atoms with van der Waals surface area (Å²) < 4.78 is 0. The van der Waals surface area contributed by atoms with Crippen molar-refractivity contribution in [2.75, 3.05) is 0 Å². The first kappa shape index (κ1) is 14.5. The maximum absolute atomic E-state index is 9.96. The first-order valence-corrected chi connectivity index (χ1v) is 6.13. The van der Waals surface area contributed by atoms with Crippen LogP contribution in [0.1, 0.15) is 49.8 Å². The molecule has 1 aromatic rings. The zero-order chi connectivity index (χ0) is 11.7. The quantitative estimate of drug-likeness (QED) is 0.869. The van der Waals surface area contributed by atoms with Crippen LogP contribution < -0.4 is 5.73 Å². The first-order valence-electron chi connectivity index (χ1n) is 6.13. The number of nitrogens with two attached hydrogens (primary N) is 1. The molecule has 1 aromatic carbocycles. The molecular formula is C14H22ClNO. The minimum absolute atomic E-state index is 0. The Morgan fingerprint density at radius 1 is 1.12 bits per heavy atom. The molecule has 2 rings (SSSR count). The van der Waals surface area contributed by atoms with Crippen molar-refractivity contribution in [1.82, 2.24) is 0 Å². The molecule has 96 valence electrons. The van der Waals surface area contributed by atoms with Gasteiger partial charge in [-0.25, -0.2) is 0 Å². The van der Waals surface area contributed by atoms with Crippen molar-refractivity contribution in [3.63, 3.8) is 0 Å². The van der Waals surface area contributed by atoms with Gasteiger partial charge in [-0.1, -0.05) is 38.1 Å². The lowest BCUT2D eigenvalue weighted by Gasteiger charge is -2.19. The van der Waals surface area contributed by atoms with Crippen molar-refractivity contribution < 1.29 is 5.11 Å². The molecule has 1 saturated carbocycles. The Kier molecular flexibility index (Phi) is 4.99. The molecule has 2 atom stereocenters. The van der Waals surface area contributed by atoms with Crippen LogP contribution in [0.2, 0.25) is 0 Å². The topological polar surface area (TPSA) is 46.2 Å². The summed E-state index contributed by atoms with van der Waals surface area (Å²) >= 11 is 0. The third-order valence-corrected chi connectivity index (χ3v) is 3.46. The number of aliphatic hydroxyl groups is 1. The zero-order valence-corrected chi connectivity index (χ0v) is 11.3. The van der Waals surface area contributed by atoms with Crippen LogP contribution in [0.25, 0.3) is 0 Å². The Morgan fingerprint density at radius 2 is 1.59 bits per heavy atom. The van der Waals surface area contributed by atoms with Crippen LogP contribution in [0, 0.1) is 5.92 Å². The minimum Gasteiger partial charge on any atom is -0.391 e. The number of halogens is 1. The van der Waals surface area contributed by atoms with E-state index in [2.05, 4.69) is 26.0 Å². The number of aliphatic hydroxyl groups excluding tert-OH is 1. The Bertz CT molecular complexity index is 346. The molecule has 0 amide bonds. The second-order valence-electron chi connectivity index (χ2n) is 5.18. The predicted molar refractivity (Wildman–Crippen MR) is 73.4 cm³/mol. The van der Waals surface area contributed by atoms with Gasteiger partial charge in [-0.15, -0.1) is 12.4 Å². The summed E-state index contributed by atoms with van der Waals surface area (Å²) in [5.74, 6) is 0.971. The van der Waals surface area contributed by atoms with Gasteiger partial charge in [0.1, 0.15) is 0 Å². The van der Waals surface area contributed by atoms with Crippen LogP contribution in [0.3, 0.4) is 0 Å². The Labute approximate surface area is 110 Å². The normalized spacial score (nSPS) is 18.6. The molecule has 17 heavy (non-hydrogen) atoms. The van der Waals surface area contributed by atoms with E-state index < -0.39 is 0 Å². The molecule has 3 N–H and O–H groups in total. The molecule has 1 fully saturated rings. The van der Waals surface area contributed by atoms with E-state index in [0.29, 0.717) is 11.8 Å². The van der Waals surface area contributed by atoms with Gasteiger partial charge in [0.2, 0.25) is 0 Å². The van der Waals surface area contributed by atoms with Crippen LogP contribution in [0.4, 0.5) is 0 Å². The molecule has 3 heteroatoms. The average molecular weight is 256 g/mol. The maximum Gasteiger partial charge on any atom is 0.0760 e. The third-order valence-electron chi connectivity index (χ3n) is 3.46. The van der Waals surface area contributed by atoms with Crippen molar-refractivity contribution in [3.05, 3.63) is 35.4 Å². The van der Waals surface area contributed by atoms with Crippen LogP contribution in [0.5, 0.6) is 0 Å². The van der Waals surface area contributed by atoms with Gasteiger partial charge in [0.05, 0.1) is 12.1 Å². The molecule has 1 aliphatic rings. The van der Waals surface area contributed by atoms with Crippen molar-refractivity contribution in [2.24, 2.45) is 11.7 Å². The fourth-order valence-electron chi connectivity index (χ4n) is 2.03. The van der Waals surface area contributed by atoms with Gasteiger partial charge >= 0.3 is 0 Å². The van der Waals surface area contributed by atoms with E-state index in [-0.39, 0.29) is 24.6 Å². The van der Waals surface area contributed by atoms with E-state index >= 15 is 0 Å². The van der Waals surface area contributed by atoms with Gasteiger partial charge in [0.25, 0.3) is 0 Å². The minimum atomic E-state index is -0.370. The highest BCUT2D eigenvalue weighted by Crippen LogP contribution is 2.37. The smallest absolute Gasteiger partial charge is 0.0760 e. The monoisotopic (exact) mass is 255 g/mol. The number of rotatable bonds is 4. The van der Waals surface area contributed by atoms with Crippen LogP contribution in [-0.4, -0.2) is 11.2 Å². The van der Waals surface area contributed by atoms with Crippen molar-refractivity contribution in [2.45, 2.75) is 44.8 Å². The fourth-order valence-corrected chi connectivity index (χ4v) is 2.03. The predicted octanol–water partition coefficient (Wildman–Crippen LogP) is 3.00. The first-order chi connectivity index (χ1) is 7.59. The lowest BCUT2D eigenvalue weighted by Crippen LogP contribution is -2.27. The number of benzene rings is 1. The highest BCUT2D eigenvalue weighted by atomic mass is 35.5. The van der Waals surface area contributed by atoms with Gasteiger partial charge in [0, 0.05) is 0 Å². The van der Waals surface area contributed by atoms with E-state index in [4.69, 9.17) is 5.73 Å². The Balaban J connectivity index is 0.00000144. The molecule has 0 aliphatic heterocycles. The largest absolute Gasteiger partial charge is 0.391 e. The van der Waals surface area contributed by atoms with Gasteiger partial charge in [-0.05, 0) is 35.8 Å².